The van der Waals surface area contributed by atoms with Crippen LogP contribution in [0.2, 0.25) is 5.02 Å². The maximum atomic E-state index is 11.6. The molecule has 0 bridgehead atoms. The van der Waals surface area contributed by atoms with E-state index in [-0.39, 0.29) is 6.61 Å². The van der Waals surface area contributed by atoms with Crippen molar-refractivity contribution >= 4 is 50.7 Å². The van der Waals surface area contributed by atoms with Gasteiger partial charge in [0.05, 0.1) is 9.90 Å². The maximum Gasteiger partial charge on any atom is 0.268 e. The van der Waals surface area contributed by atoms with Crippen molar-refractivity contribution in [2.45, 2.75) is 0 Å². The first-order valence-electron chi connectivity index (χ1n) is 5.52. The minimum atomic E-state index is -0.526. The number of carbonyl (C=O) groups is 2. The Morgan fingerprint density at radius 2 is 2.15 bits per heavy atom. The minimum absolute atomic E-state index is 0.279. The van der Waals surface area contributed by atoms with Gasteiger partial charge in [-0.15, -0.1) is 11.3 Å². The highest BCUT2D eigenvalue weighted by Gasteiger charge is 2.12. The van der Waals surface area contributed by atoms with E-state index in [2.05, 4.69) is 21.2 Å². The lowest BCUT2D eigenvalue weighted by molar-refractivity contribution is -0.122. The van der Waals surface area contributed by atoms with Crippen molar-refractivity contribution in [3.05, 3.63) is 50.1 Å². The number of benzene rings is 1. The summed E-state index contributed by atoms with van der Waals surface area (Å²) in [7, 11) is 0. The molecule has 1 aromatic heterocycles. The second-order valence-electron chi connectivity index (χ2n) is 3.72. The molecular weight excluding hydrogens is 366 g/mol. The molecule has 0 fully saturated rings. The summed E-state index contributed by atoms with van der Waals surface area (Å²) in [5, 5.41) is 4.39. The SMILES string of the molecule is O=C(COc1ccc(Br)cc1Cl)NC(=O)c1cccs1. The van der Waals surface area contributed by atoms with Crippen molar-refractivity contribution in [3.8, 4) is 5.75 Å². The number of thiophene rings is 1. The van der Waals surface area contributed by atoms with Gasteiger partial charge in [0.1, 0.15) is 5.75 Å². The second kappa shape index (κ2) is 6.88. The maximum absolute atomic E-state index is 11.6. The third kappa shape index (κ3) is 4.06. The number of hydrogen-bond acceptors (Lipinski definition) is 4. The van der Waals surface area contributed by atoms with Gasteiger partial charge in [-0.2, -0.15) is 0 Å². The Morgan fingerprint density at radius 1 is 1.35 bits per heavy atom. The van der Waals surface area contributed by atoms with Crippen LogP contribution in [-0.2, 0) is 4.79 Å². The molecule has 7 heteroatoms. The third-order valence-electron chi connectivity index (χ3n) is 2.25. The van der Waals surface area contributed by atoms with Gasteiger partial charge in [-0.05, 0) is 29.6 Å². The molecule has 0 saturated carbocycles. The van der Waals surface area contributed by atoms with Gasteiger partial charge < -0.3 is 4.74 Å². The standard InChI is InChI=1S/C13H9BrClNO3S/c14-8-3-4-10(9(15)6-8)19-7-12(17)16-13(18)11-2-1-5-20-11/h1-6H,7H2,(H,16,17,18). The molecule has 0 aliphatic carbocycles. The van der Waals surface area contributed by atoms with Gasteiger partial charge in [0.2, 0.25) is 0 Å². The van der Waals surface area contributed by atoms with Crippen molar-refractivity contribution in [1.82, 2.24) is 5.32 Å². The molecule has 20 heavy (non-hydrogen) atoms. The van der Waals surface area contributed by atoms with Crippen LogP contribution in [0.15, 0.2) is 40.2 Å². The molecule has 0 aliphatic heterocycles. The summed E-state index contributed by atoms with van der Waals surface area (Å²) in [6.07, 6.45) is 0. The average Bonchev–Trinajstić information content (AvgIpc) is 2.91. The van der Waals surface area contributed by atoms with Crippen molar-refractivity contribution in [3.63, 3.8) is 0 Å². The Hall–Kier alpha value is -1.37. The predicted molar refractivity (Wildman–Crippen MR) is 81.4 cm³/mol. The molecule has 0 atom stereocenters. The number of nitrogens with one attached hydrogen (secondary N) is 1. The Bertz CT molecular complexity index is 631. The van der Waals surface area contributed by atoms with E-state index in [1.807, 2.05) is 0 Å². The minimum Gasteiger partial charge on any atom is -0.482 e. The van der Waals surface area contributed by atoms with Crippen LogP contribution in [0.3, 0.4) is 0 Å². The van der Waals surface area contributed by atoms with Crippen LogP contribution in [0.5, 0.6) is 5.75 Å². The number of amides is 2. The molecule has 0 spiro atoms. The molecule has 0 aliphatic rings. The van der Waals surface area contributed by atoms with E-state index in [0.29, 0.717) is 15.6 Å². The van der Waals surface area contributed by atoms with Crippen LogP contribution in [0.1, 0.15) is 9.67 Å². The van der Waals surface area contributed by atoms with Crippen molar-refractivity contribution in [2.75, 3.05) is 6.61 Å². The topological polar surface area (TPSA) is 55.4 Å². The van der Waals surface area contributed by atoms with Gasteiger partial charge in [-0.25, -0.2) is 0 Å². The molecule has 0 saturated heterocycles. The van der Waals surface area contributed by atoms with Crippen LogP contribution in [0.4, 0.5) is 0 Å². The summed E-state index contributed by atoms with van der Waals surface area (Å²) in [4.78, 5) is 23.7. The fourth-order valence-corrected chi connectivity index (χ4v) is 2.71. The highest BCUT2D eigenvalue weighted by atomic mass is 79.9. The molecule has 1 N–H and O–H groups in total. The summed E-state index contributed by atoms with van der Waals surface area (Å²) in [5.74, 6) is -0.577. The molecule has 0 radical (unpaired) electrons. The zero-order valence-corrected chi connectivity index (χ0v) is 13.2. The highest BCUT2D eigenvalue weighted by molar-refractivity contribution is 9.10. The van der Waals surface area contributed by atoms with Crippen LogP contribution in [-0.4, -0.2) is 18.4 Å². The first-order valence-corrected chi connectivity index (χ1v) is 7.57. The third-order valence-corrected chi connectivity index (χ3v) is 3.91. The number of hydrogen-bond donors (Lipinski definition) is 1. The summed E-state index contributed by atoms with van der Waals surface area (Å²) in [5.41, 5.74) is 0. The quantitative estimate of drug-likeness (QED) is 0.891. The smallest absolute Gasteiger partial charge is 0.268 e. The van der Waals surface area contributed by atoms with Crippen LogP contribution in [0, 0.1) is 0 Å². The fourth-order valence-electron chi connectivity index (χ4n) is 1.37. The van der Waals surface area contributed by atoms with Crippen LogP contribution in [0.25, 0.3) is 0 Å². The Kier molecular flexibility index (Phi) is 5.17. The van der Waals surface area contributed by atoms with Gasteiger partial charge >= 0.3 is 0 Å². The van der Waals surface area contributed by atoms with Crippen molar-refractivity contribution < 1.29 is 14.3 Å². The molecule has 2 aromatic rings. The van der Waals surface area contributed by atoms with E-state index in [1.54, 1.807) is 35.7 Å². The zero-order valence-electron chi connectivity index (χ0n) is 10.1. The molecule has 4 nitrogen and oxygen atoms in total. The summed E-state index contributed by atoms with van der Waals surface area (Å²) < 4.78 is 6.07. The van der Waals surface area contributed by atoms with E-state index in [1.165, 1.54) is 11.3 Å². The second-order valence-corrected chi connectivity index (χ2v) is 5.99. The monoisotopic (exact) mass is 373 g/mol. The number of ether oxygens (including phenoxy) is 1. The Morgan fingerprint density at radius 3 is 2.80 bits per heavy atom. The predicted octanol–water partition coefficient (Wildman–Crippen LogP) is 3.50. The summed E-state index contributed by atoms with van der Waals surface area (Å²) >= 11 is 10.5. The summed E-state index contributed by atoms with van der Waals surface area (Å²) in [6, 6.07) is 8.42. The molecule has 0 unspecified atom stereocenters. The van der Waals surface area contributed by atoms with Gasteiger partial charge in [-0.1, -0.05) is 33.6 Å². The van der Waals surface area contributed by atoms with Crippen molar-refractivity contribution in [1.29, 1.82) is 0 Å². The lowest BCUT2D eigenvalue weighted by Gasteiger charge is -2.08. The first-order chi connectivity index (χ1) is 9.56. The van der Waals surface area contributed by atoms with Crippen LogP contribution < -0.4 is 10.1 Å². The first kappa shape index (κ1) is 15.0. The van der Waals surface area contributed by atoms with E-state index in [0.717, 1.165) is 4.47 Å². The largest absolute Gasteiger partial charge is 0.482 e. The van der Waals surface area contributed by atoms with Gasteiger partial charge in [0, 0.05) is 4.47 Å². The molecule has 1 heterocycles. The van der Waals surface area contributed by atoms with Gasteiger partial charge in [0.15, 0.2) is 6.61 Å². The lowest BCUT2D eigenvalue weighted by atomic mass is 10.3. The number of rotatable bonds is 4. The number of halogens is 2. The molecule has 1 aromatic carbocycles. The Labute approximate surface area is 132 Å². The van der Waals surface area contributed by atoms with Gasteiger partial charge in [0.25, 0.3) is 11.8 Å². The normalized spacial score (nSPS) is 10.1. The number of imide groups is 1. The summed E-state index contributed by atoms with van der Waals surface area (Å²) in [6.45, 7) is -0.279. The zero-order chi connectivity index (χ0) is 14.5. The van der Waals surface area contributed by atoms with Gasteiger partial charge in [-0.3, -0.25) is 14.9 Å². The fraction of sp³-hybridized carbons (Fsp3) is 0.0769. The van der Waals surface area contributed by atoms with E-state index in [9.17, 15) is 9.59 Å². The lowest BCUT2D eigenvalue weighted by Crippen LogP contribution is -2.33. The van der Waals surface area contributed by atoms with E-state index < -0.39 is 11.8 Å². The van der Waals surface area contributed by atoms with Crippen LogP contribution >= 0.6 is 38.9 Å². The molecular formula is C13H9BrClNO3S. The van der Waals surface area contributed by atoms with E-state index in [4.69, 9.17) is 16.3 Å². The molecule has 104 valence electrons. The average molecular weight is 375 g/mol. The van der Waals surface area contributed by atoms with Crippen molar-refractivity contribution in [2.24, 2.45) is 0 Å². The molecule has 2 rings (SSSR count). The Balaban J connectivity index is 1.88. The highest BCUT2D eigenvalue weighted by Crippen LogP contribution is 2.27. The molecule has 2 amide bonds. The van der Waals surface area contributed by atoms with E-state index >= 15 is 0 Å². The number of carbonyl (C=O) groups excluding carboxylic acids is 2.